The number of methoxy groups -OCH3 is 1. The molecule has 0 unspecified atom stereocenters. The van der Waals surface area contributed by atoms with Crippen LogP contribution < -0.4 is 10.2 Å². The second kappa shape index (κ2) is 9.39. The van der Waals surface area contributed by atoms with Gasteiger partial charge in [-0.1, -0.05) is 0 Å². The van der Waals surface area contributed by atoms with E-state index in [0.717, 1.165) is 43.5 Å². The van der Waals surface area contributed by atoms with Gasteiger partial charge in [-0.05, 0) is 49.4 Å². The molecule has 0 radical (unpaired) electrons. The molecule has 0 bridgehead atoms. The Morgan fingerprint density at radius 1 is 1.25 bits per heavy atom. The van der Waals surface area contributed by atoms with E-state index in [1.165, 1.54) is 7.11 Å². The average molecular weight is 389 g/mol. The summed E-state index contributed by atoms with van der Waals surface area (Å²) in [5.41, 5.74) is 2.75. The van der Waals surface area contributed by atoms with Crippen molar-refractivity contribution in [2.24, 2.45) is 5.92 Å². The molecule has 0 aromatic heterocycles. The number of hydrogen-bond donors (Lipinski definition) is 1. The molecule has 1 saturated heterocycles. The summed E-state index contributed by atoms with van der Waals surface area (Å²) in [6, 6.07) is 5.80. The molecular weight excluding hydrogens is 358 g/mol. The van der Waals surface area contributed by atoms with E-state index < -0.39 is 0 Å². The van der Waals surface area contributed by atoms with Crippen molar-refractivity contribution in [1.82, 2.24) is 4.90 Å². The van der Waals surface area contributed by atoms with Gasteiger partial charge in [0.25, 0.3) is 0 Å². The summed E-state index contributed by atoms with van der Waals surface area (Å²) in [5.74, 6) is 0.180. The first-order valence-electron chi connectivity index (χ1n) is 9.97. The van der Waals surface area contributed by atoms with Gasteiger partial charge in [0.2, 0.25) is 11.8 Å². The number of ether oxygens (including phenoxy) is 2. The maximum absolute atomic E-state index is 12.9. The van der Waals surface area contributed by atoms with Gasteiger partial charge in [0, 0.05) is 58.2 Å². The van der Waals surface area contributed by atoms with Gasteiger partial charge in [0.05, 0.1) is 6.10 Å². The summed E-state index contributed by atoms with van der Waals surface area (Å²) in [4.78, 5) is 28.7. The fourth-order valence-electron chi connectivity index (χ4n) is 3.62. The molecule has 0 spiro atoms. The highest BCUT2D eigenvalue weighted by molar-refractivity contribution is 5.92. The van der Waals surface area contributed by atoms with Crippen LogP contribution in [0.15, 0.2) is 18.2 Å². The fourth-order valence-corrected chi connectivity index (χ4v) is 3.62. The molecular formula is C21H31N3O4. The molecule has 1 aromatic rings. The molecule has 3 rings (SSSR count). The van der Waals surface area contributed by atoms with Crippen molar-refractivity contribution in [3.8, 4) is 0 Å². The van der Waals surface area contributed by atoms with Crippen molar-refractivity contribution in [3.63, 3.8) is 0 Å². The van der Waals surface area contributed by atoms with Crippen molar-refractivity contribution in [2.75, 3.05) is 51.2 Å². The standard InChI is InChI=1S/C21H31N3O4/c1-23(2)19-9-8-17(22-20(25)14-27-3)11-16(19)12-24(21(26)15-6-7-15)13-18-5-4-10-28-18/h8-9,11,15,18H,4-7,10,12-14H2,1-3H3,(H,22,25)/t18-/m0/s1. The second-order valence-electron chi connectivity index (χ2n) is 7.85. The number of benzene rings is 1. The lowest BCUT2D eigenvalue weighted by molar-refractivity contribution is -0.134. The molecule has 7 nitrogen and oxygen atoms in total. The average Bonchev–Trinajstić information content (AvgIpc) is 3.38. The normalized spacial score (nSPS) is 18.8. The van der Waals surface area contributed by atoms with Crippen molar-refractivity contribution in [2.45, 2.75) is 38.3 Å². The molecule has 1 N–H and O–H groups in total. The van der Waals surface area contributed by atoms with E-state index in [2.05, 4.69) is 5.32 Å². The molecule has 2 aliphatic rings. The highest BCUT2D eigenvalue weighted by atomic mass is 16.5. The first-order chi connectivity index (χ1) is 13.5. The van der Waals surface area contributed by atoms with Gasteiger partial charge >= 0.3 is 0 Å². The van der Waals surface area contributed by atoms with E-state index >= 15 is 0 Å². The van der Waals surface area contributed by atoms with Crippen molar-refractivity contribution in [3.05, 3.63) is 23.8 Å². The number of hydrogen-bond acceptors (Lipinski definition) is 5. The third-order valence-corrected chi connectivity index (χ3v) is 5.17. The van der Waals surface area contributed by atoms with Crippen LogP contribution in [0.3, 0.4) is 0 Å². The van der Waals surface area contributed by atoms with Crippen LogP contribution in [0.1, 0.15) is 31.2 Å². The molecule has 1 aromatic carbocycles. The van der Waals surface area contributed by atoms with Crippen molar-refractivity contribution < 1.29 is 19.1 Å². The first kappa shape index (κ1) is 20.6. The molecule has 7 heteroatoms. The highest BCUT2D eigenvalue weighted by Gasteiger charge is 2.35. The predicted molar refractivity (Wildman–Crippen MR) is 108 cm³/mol. The van der Waals surface area contributed by atoms with Gasteiger partial charge in [-0.3, -0.25) is 9.59 Å². The summed E-state index contributed by atoms with van der Waals surface area (Å²) in [6.45, 7) is 1.93. The van der Waals surface area contributed by atoms with E-state index in [9.17, 15) is 9.59 Å². The number of carbonyl (C=O) groups is 2. The summed E-state index contributed by atoms with van der Waals surface area (Å²) < 4.78 is 10.7. The molecule has 1 aliphatic carbocycles. The molecule has 2 fully saturated rings. The van der Waals surface area contributed by atoms with E-state index in [-0.39, 0.29) is 30.4 Å². The van der Waals surface area contributed by atoms with Crippen LogP contribution in [0.5, 0.6) is 0 Å². The minimum Gasteiger partial charge on any atom is -0.377 e. The summed E-state index contributed by atoms with van der Waals surface area (Å²) in [7, 11) is 5.46. The summed E-state index contributed by atoms with van der Waals surface area (Å²) in [5, 5.41) is 2.85. The van der Waals surface area contributed by atoms with E-state index in [1.807, 2.05) is 42.1 Å². The van der Waals surface area contributed by atoms with Crippen LogP contribution in [0.4, 0.5) is 11.4 Å². The third-order valence-electron chi connectivity index (χ3n) is 5.17. The lowest BCUT2D eigenvalue weighted by Gasteiger charge is -2.28. The molecule has 1 atom stereocenters. The van der Waals surface area contributed by atoms with Gasteiger partial charge in [-0.2, -0.15) is 0 Å². The van der Waals surface area contributed by atoms with Crippen LogP contribution in [0.25, 0.3) is 0 Å². The number of carbonyl (C=O) groups excluding carboxylic acids is 2. The second-order valence-corrected chi connectivity index (χ2v) is 7.85. The predicted octanol–water partition coefficient (Wildman–Crippen LogP) is 2.26. The Balaban J connectivity index is 1.80. The fraction of sp³-hybridized carbons (Fsp3) is 0.619. The number of anilines is 2. The summed E-state index contributed by atoms with van der Waals surface area (Å²) >= 11 is 0. The third kappa shape index (κ3) is 5.45. The smallest absolute Gasteiger partial charge is 0.250 e. The molecule has 1 aliphatic heterocycles. The zero-order valence-electron chi connectivity index (χ0n) is 17.1. The highest BCUT2D eigenvalue weighted by Crippen LogP contribution is 2.33. The molecule has 1 heterocycles. The number of rotatable bonds is 9. The van der Waals surface area contributed by atoms with Crippen molar-refractivity contribution in [1.29, 1.82) is 0 Å². The Morgan fingerprint density at radius 3 is 2.64 bits per heavy atom. The van der Waals surface area contributed by atoms with Crippen LogP contribution in [-0.2, 0) is 25.6 Å². The van der Waals surface area contributed by atoms with Crippen molar-refractivity contribution >= 4 is 23.2 Å². The number of amides is 2. The minimum absolute atomic E-state index is 0.01000. The van der Waals surface area contributed by atoms with Crippen LogP contribution in [-0.4, -0.2) is 63.8 Å². The zero-order valence-corrected chi connectivity index (χ0v) is 17.1. The van der Waals surface area contributed by atoms with Gasteiger partial charge in [-0.15, -0.1) is 0 Å². The first-order valence-corrected chi connectivity index (χ1v) is 9.97. The Kier molecular flexibility index (Phi) is 6.91. The Hall–Kier alpha value is -2.12. The molecule has 1 saturated carbocycles. The maximum Gasteiger partial charge on any atom is 0.250 e. The van der Waals surface area contributed by atoms with E-state index in [0.29, 0.717) is 18.8 Å². The van der Waals surface area contributed by atoms with Gasteiger partial charge in [0.1, 0.15) is 6.61 Å². The molecule has 28 heavy (non-hydrogen) atoms. The van der Waals surface area contributed by atoms with E-state index in [4.69, 9.17) is 9.47 Å². The molecule has 2 amide bonds. The molecule has 154 valence electrons. The quantitative estimate of drug-likeness (QED) is 0.701. The monoisotopic (exact) mass is 389 g/mol. The van der Waals surface area contributed by atoms with Crippen LogP contribution >= 0.6 is 0 Å². The largest absolute Gasteiger partial charge is 0.377 e. The van der Waals surface area contributed by atoms with E-state index in [1.54, 1.807) is 0 Å². The minimum atomic E-state index is -0.198. The Morgan fingerprint density at radius 2 is 2.04 bits per heavy atom. The SMILES string of the molecule is COCC(=O)Nc1ccc(N(C)C)c(CN(C[C@@H]2CCCO2)C(=O)C2CC2)c1. The lowest BCUT2D eigenvalue weighted by Crippen LogP contribution is -2.38. The van der Waals surface area contributed by atoms with Gasteiger partial charge in [0.15, 0.2) is 0 Å². The zero-order chi connectivity index (χ0) is 20.1. The Labute approximate surface area is 167 Å². The Bertz CT molecular complexity index is 697. The van der Waals surface area contributed by atoms with Gasteiger partial charge in [-0.25, -0.2) is 0 Å². The number of nitrogens with zero attached hydrogens (tertiary/aromatic N) is 2. The number of nitrogens with one attached hydrogen (secondary N) is 1. The lowest BCUT2D eigenvalue weighted by atomic mass is 10.1. The maximum atomic E-state index is 12.9. The van der Waals surface area contributed by atoms with Gasteiger partial charge < -0.3 is 24.6 Å². The van der Waals surface area contributed by atoms with Crippen LogP contribution in [0.2, 0.25) is 0 Å². The summed E-state index contributed by atoms with van der Waals surface area (Å²) in [6.07, 6.45) is 4.14. The topological polar surface area (TPSA) is 71.1 Å². The van der Waals surface area contributed by atoms with Crippen LogP contribution in [0, 0.1) is 5.92 Å².